The topological polar surface area (TPSA) is 17.1 Å². The molecule has 0 unspecified atom stereocenters. The van der Waals surface area contributed by atoms with Crippen molar-refractivity contribution in [2.45, 2.75) is 0 Å². The van der Waals surface area contributed by atoms with Crippen molar-refractivity contribution >= 4 is 5.78 Å². The molecular weight excluding hydrogens is 328 g/mol. The Balaban J connectivity index is 1.70. The maximum atomic E-state index is 12.7. The van der Waals surface area contributed by atoms with Gasteiger partial charge in [0.25, 0.3) is 0 Å². The van der Waals surface area contributed by atoms with Crippen LogP contribution >= 0.6 is 0 Å². The van der Waals surface area contributed by atoms with E-state index in [1.165, 1.54) is 0 Å². The standard InChI is InChI=1S/C26H19O/c27-26(23-14-8-3-9-15-23)24-18-16-22(17-19-24)25(20-10-4-1-5-11-20)21-12-6-2-7-13-21/h1-19H. The van der Waals surface area contributed by atoms with Crippen LogP contribution in [-0.4, -0.2) is 5.78 Å². The Hall–Kier alpha value is -3.45. The first kappa shape index (κ1) is 17.0. The summed E-state index contributed by atoms with van der Waals surface area (Å²) in [6.07, 6.45) is 0. The van der Waals surface area contributed by atoms with Crippen LogP contribution in [0, 0.1) is 5.92 Å². The zero-order valence-corrected chi connectivity index (χ0v) is 14.9. The molecule has 0 heterocycles. The van der Waals surface area contributed by atoms with Crippen LogP contribution in [0.5, 0.6) is 0 Å². The molecule has 0 aliphatic rings. The summed E-state index contributed by atoms with van der Waals surface area (Å²) >= 11 is 0. The Morgan fingerprint density at radius 1 is 0.370 bits per heavy atom. The lowest BCUT2D eigenvalue weighted by molar-refractivity contribution is 0.103. The minimum atomic E-state index is 0.0446. The first-order valence-electron chi connectivity index (χ1n) is 9.01. The Bertz CT molecular complexity index is 965. The molecule has 4 aromatic carbocycles. The summed E-state index contributed by atoms with van der Waals surface area (Å²) in [5.74, 6) is 1.21. The van der Waals surface area contributed by atoms with Crippen molar-refractivity contribution in [3.05, 3.63) is 149 Å². The SMILES string of the molecule is O=C(c1ccccc1)c1ccc([C](c2ccccc2)c2ccccc2)cc1. The summed E-state index contributed by atoms with van der Waals surface area (Å²) in [7, 11) is 0. The second-order valence-corrected chi connectivity index (χ2v) is 6.38. The summed E-state index contributed by atoms with van der Waals surface area (Å²) in [5.41, 5.74) is 4.82. The maximum absolute atomic E-state index is 12.7. The molecule has 1 heteroatoms. The van der Waals surface area contributed by atoms with Gasteiger partial charge >= 0.3 is 0 Å². The van der Waals surface area contributed by atoms with Gasteiger partial charge in [-0.3, -0.25) is 4.79 Å². The monoisotopic (exact) mass is 347 g/mol. The molecule has 1 radical (unpaired) electrons. The molecule has 0 aliphatic heterocycles. The van der Waals surface area contributed by atoms with Crippen molar-refractivity contribution in [3.63, 3.8) is 0 Å². The van der Waals surface area contributed by atoms with Crippen LogP contribution in [0.15, 0.2) is 115 Å². The third-order valence-corrected chi connectivity index (χ3v) is 4.60. The minimum Gasteiger partial charge on any atom is -0.289 e. The molecule has 0 fully saturated rings. The highest BCUT2D eigenvalue weighted by atomic mass is 16.1. The molecule has 0 spiro atoms. The fourth-order valence-electron chi connectivity index (χ4n) is 3.25. The van der Waals surface area contributed by atoms with E-state index in [2.05, 4.69) is 24.3 Å². The van der Waals surface area contributed by atoms with Crippen molar-refractivity contribution in [3.8, 4) is 0 Å². The Morgan fingerprint density at radius 2 is 0.667 bits per heavy atom. The molecule has 4 aromatic rings. The predicted molar refractivity (Wildman–Crippen MR) is 110 cm³/mol. The number of ketones is 1. The van der Waals surface area contributed by atoms with Crippen LogP contribution in [0.2, 0.25) is 0 Å². The minimum absolute atomic E-state index is 0.0446. The smallest absolute Gasteiger partial charge is 0.193 e. The van der Waals surface area contributed by atoms with Gasteiger partial charge in [-0.25, -0.2) is 0 Å². The molecule has 0 amide bonds. The molecule has 0 atom stereocenters. The first-order valence-corrected chi connectivity index (χ1v) is 9.01. The first-order chi connectivity index (χ1) is 13.3. The fraction of sp³-hybridized carbons (Fsp3) is 0. The summed E-state index contributed by atoms with van der Waals surface area (Å²) in [5, 5.41) is 0. The van der Waals surface area contributed by atoms with Gasteiger partial charge in [-0.2, -0.15) is 0 Å². The summed E-state index contributed by atoms with van der Waals surface area (Å²) in [6.45, 7) is 0. The zero-order valence-electron chi connectivity index (χ0n) is 14.9. The van der Waals surface area contributed by atoms with Crippen molar-refractivity contribution in [2.24, 2.45) is 0 Å². The van der Waals surface area contributed by atoms with Crippen LogP contribution in [0.3, 0.4) is 0 Å². The molecular formula is C26H19O. The largest absolute Gasteiger partial charge is 0.289 e. The van der Waals surface area contributed by atoms with Crippen LogP contribution in [-0.2, 0) is 0 Å². The molecule has 129 valence electrons. The number of benzene rings is 4. The normalized spacial score (nSPS) is 10.7. The molecule has 1 nitrogen and oxygen atoms in total. The van der Waals surface area contributed by atoms with Gasteiger partial charge in [-0.15, -0.1) is 0 Å². The third kappa shape index (κ3) is 3.73. The van der Waals surface area contributed by atoms with Gasteiger partial charge in [-0.05, 0) is 16.7 Å². The van der Waals surface area contributed by atoms with Crippen molar-refractivity contribution in [1.29, 1.82) is 0 Å². The second kappa shape index (κ2) is 7.84. The summed E-state index contributed by atoms with van der Waals surface area (Å²) in [6, 6.07) is 38.0. The Kier molecular flexibility index (Phi) is 4.93. The number of carbonyl (C=O) groups is 1. The number of carbonyl (C=O) groups excluding carboxylic acids is 1. The van der Waals surface area contributed by atoms with E-state index < -0.39 is 0 Å². The predicted octanol–water partition coefficient (Wildman–Crippen LogP) is 5.94. The lowest BCUT2D eigenvalue weighted by atomic mass is 9.84. The van der Waals surface area contributed by atoms with Crippen LogP contribution in [0.25, 0.3) is 0 Å². The van der Waals surface area contributed by atoms with Crippen molar-refractivity contribution in [2.75, 3.05) is 0 Å². The highest BCUT2D eigenvalue weighted by Gasteiger charge is 2.18. The van der Waals surface area contributed by atoms with Crippen LogP contribution in [0.4, 0.5) is 0 Å². The van der Waals surface area contributed by atoms with E-state index in [-0.39, 0.29) is 5.78 Å². The Labute approximate surface area is 159 Å². The number of hydrogen-bond acceptors (Lipinski definition) is 1. The van der Waals surface area contributed by atoms with Gasteiger partial charge in [0, 0.05) is 11.1 Å². The van der Waals surface area contributed by atoms with Crippen molar-refractivity contribution in [1.82, 2.24) is 0 Å². The number of hydrogen-bond donors (Lipinski definition) is 0. The molecule has 0 aliphatic carbocycles. The third-order valence-electron chi connectivity index (χ3n) is 4.60. The molecule has 4 rings (SSSR count). The van der Waals surface area contributed by atoms with Gasteiger partial charge in [0.05, 0.1) is 5.92 Å². The highest BCUT2D eigenvalue weighted by Crippen LogP contribution is 2.31. The average Bonchev–Trinajstić information content (AvgIpc) is 2.76. The van der Waals surface area contributed by atoms with Gasteiger partial charge in [0.1, 0.15) is 0 Å². The maximum Gasteiger partial charge on any atom is 0.193 e. The molecule has 0 bridgehead atoms. The van der Waals surface area contributed by atoms with E-state index in [1.807, 2.05) is 91.0 Å². The van der Waals surface area contributed by atoms with Gasteiger partial charge < -0.3 is 0 Å². The molecule has 27 heavy (non-hydrogen) atoms. The number of rotatable bonds is 5. The van der Waals surface area contributed by atoms with Gasteiger partial charge in [-0.1, -0.05) is 115 Å². The zero-order chi connectivity index (χ0) is 18.5. The average molecular weight is 347 g/mol. The van der Waals surface area contributed by atoms with E-state index in [9.17, 15) is 4.79 Å². The van der Waals surface area contributed by atoms with E-state index in [0.717, 1.165) is 22.6 Å². The van der Waals surface area contributed by atoms with Gasteiger partial charge in [0.2, 0.25) is 0 Å². The van der Waals surface area contributed by atoms with E-state index >= 15 is 0 Å². The lowest BCUT2D eigenvalue weighted by Gasteiger charge is -2.18. The molecule has 0 aromatic heterocycles. The molecule has 0 saturated heterocycles. The molecule has 0 saturated carbocycles. The summed E-state index contributed by atoms with van der Waals surface area (Å²) in [4.78, 5) is 12.7. The van der Waals surface area contributed by atoms with E-state index in [4.69, 9.17) is 0 Å². The van der Waals surface area contributed by atoms with Crippen molar-refractivity contribution < 1.29 is 4.79 Å². The lowest BCUT2D eigenvalue weighted by Crippen LogP contribution is -2.06. The van der Waals surface area contributed by atoms with E-state index in [1.54, 1.807) is 0 Å². The second-order valence-electron chi connectivity index (χ2n) is 6.38. The molecule has 0 N–H and O–H groups in total. The highest BCUT2D eigenvalue weighted by molar-refractivity contribution is 6.09. The quantitative estimate of drug-likeness (QED) is 0.323. The summed E-state index contributed by atoms with van der Waals surface area (Å²) < 4.78 is 0. The Morgan fingerprint density at radius 3 is 1.11 bits per heavy atom. The van der Waals surface area contributed by atoms with Crippen LogP contribution in [0.1, 0.15) is 32.6 Å². The van der Waals surface area contributed by atoms with E-state index in [0.29, 0.717) is 11.1 Å². The van der Waals surface area contributed by atoms with Crippen LogP contribution < -0.4 is 0 Å². The fourth-order valence-corrected chi connectivity index (χ4v) is 3.25. The van der Waals surface area contributed by atoms with Gasteiger partial charge in [0.15, 0.2) is 5.78 Å².